The summed E-state index contributed by atoms with van der Waals surface area (Å²) in [6.07, 6.45) is 0. The Balaban J connectivity index is 1.40. The average molecular weight is 500 g/mol. The van der Waals surface area contributed by atoms with Crippen LogP contribution in [0.2, 0.25) is 0 Å². The molecule has 0 bridgehead atoms. The minimum absolute atomic E-state index is 0.0932. The molecule has 0 aliphatic rings. The van der Waals surface area contributed by atoms with E-state index >= 15 is 0 Å². The van der Waals surface area contributed by atoms with Gasteiger partial charge in [0.1, 0.15) is 5.76 Å². The van der Waals surface area contributed by atoms with E-state index in [4.69, 9.17) is 4.52 Å². The van der Waals surface area contributed by atoms with E-state index in [1.807, 2.05) is 36.7 Å². The molecule has 0 radical (unpaired) electrons. The Labute approximate surface area is 211 Å². The van der Waals surface area contributed by atoms with Crippen LogP contribution in [0.25, 0.3) is 10.8 Å². The van der Waals surface area contributed by atoms with Crippen LogP contribution in [0.15, 0.2) is 53.1 Å². The van der Waals surface area contributed by atoms with Crippen molar-refractivity contribution in [2.45, 2.75) is 40.8 Å². The monoisotopic (exact) mass is 499 g/mol. The average Bonchev–Trinajstić information content (AvgIpc) is 3.51. The summed E-state index contributed by atoms with van der Waals surface area (Å²) in [5, 5.41) is 29.0. The summed E-state index contributed by atoms with van der Waals surface area (Å²) in [5.41, 5.74) is 4.38. The predicted molar refractivity (Wildman–Crippen MR) is 137 cm³/mol. The van der Waals surface area contributed by atoms with E-state index in [0.29, 0.717) is 34.9 Å². The first-order valence-electron chi connectivity index (χ1n) is 11.7. The maximum atomic E-state index is 13.3. The van der Waals surface area contributed by atoms with Crippen molar-refractivity contribution in [2.24, 2.45) is 0 Å². The number of aryl methyl sites for hydroxylation is 3. The lowest BCUT2D eigenvalue weighted by Crippen LogP contribution is -2.17. The minimum atomic E-state index is -0.556. The van der Waals surface area contributed by atoms with Crippen molar-refractivity contribution in [3.05, 3.63) is 98.3 Å². The van der Waals surface area contributed by atoms with Crippen LogP contribution >= 0.6 is 0 Å². The van der Waals surface area contributed by atoms with Crippen molar-refractivity contribution < 1.29 is 14.2 Å². The smallest absolute Gasteiger partial charge is 0.361 e. The number of aromatic nitrogens is 5. The van der Waals surface area contributed by atoms with Gasteiger partial charge in [0.05, 0.1) is 52.6 Å². The van der Waals surface area contributed by atoms with Crippen LogP contribution in [-0.4, -0.2) is 35.5 Å². The number of carbonyl (C=O) groups is 1. The molecule has 0 spiro atoms. The zero-order valence-corrected chi connectivity index (χ0v) is 20.8. The van der Waals surface area contributed by atoms with Crippen molar-refractivity contribution in [2.75, 3.05) is 5.32 Å². The molecule has 11 heteroatoms. The molecule has 188 valence electrons. The van der Waals surface area contributed by atoms with Crippen LogP contribution in [0.5, 0.6) is 0 Å². The third-order valence-electron chi connectivity index (χ3n) is 6.48. The molecule has 0 unspecified atom stereocenters. The van der Waals surface area contributed by atoms with Crippen molar-refractivity contribution in [3.63, 3.8) is 0 Å². The zero-order chi connectivity index (χ0) is 26.3. The van der Waals surface area contributed by atoms with Gasteiger partial charge in [0.25, 0.3) is 5.91 Å². The Morgan fingerprint density at radius 3 is 2.54 bits per heavy atom. The van der Waals surface area contributed by atoms with E-state index in [-0.39, 0.29) is 18.1 Å². The number of benzene rings is 2. The maximum Gasteiger partial charge on any atom is 0.390 e. The second-order valence-electron chi connectivity index (χ2n) is 8.92. The maximum absolute atomic E-state index is 13.3. The van der Waals surface area contributed by atoms with E-state index in [2.05, 4.69) is 44.9 Å². The number of anilines is 1. The van der Waals surface area contributed by atoms with Gasteiger partial charge in [-0.15, -0.1) is 0 Å². The lowest BCUT2D eigenvalue weighted by molar-refractivity contribution is -0.389. The lowest BCUT2D eigenvalue weighted by Gasteiger charge is -2.09. The van der Waals surface area contributed by atoms with E-state index in [9.17, 15) is 14.9 Å². The van der Waals surface area contributed by atoms with E-state index in [0.717, 1.165) is 22.0 Å². The van der Waals surface area contributed by atoms with E-state index < -0.39 is 10.8 Å². The van der Waals surface area contributed by atoms with Gasteiger partial charge >= 0.3 is 5.82 Å². The molecule has 1 N–H and O–H groups in total. The quantitative estimate of drug-likeness (QED) is 0.253. The van der Waals surface area contributed by atoms with Gasteiger partial charge in [-0.2, -0.15) is 9.78 Å². The van der Waals surface area contributed by atoms with Gasteiger partial charge in [-0.25, -0.2) is 0 Å². The van der Waals surface area contributed by atoms with Crippen molar-refractivity contribution in [1.82, 2.24) is 24.7 Å². The summed E-state index contributed by atoms with van der Waals surface area (Å²) < 4.78 is 8.62. The third-order valence-corrected chi connectivity index (χ3v) is 6.48. The van der Waals surface area contributed by atoms with Crippen LogP contribution in [0.4, 0.5) is 11.5 Å². The molecule has 11 nitrogen and oxygen atoms in total. The number of hydrogen-bond donors (Lipinski definition) is 1. The molecule has 0 saturated carbocycles. The fourth-order valence-electron chi connectivity index (χ4n) is 4.44. The molecule has 3 heterocycles. The number of amides is 1. The fraction of sp³-hybridized carbons (Fsp3) is 0.231. The Kier molecular flexibility index (Phi) is 6.04. The van der Waals surface area contributed by atoms with Crippen LogP contribution < -0.4 is 5.32 Å². The molecule has 0 atom stereocenters. The summed E-state index contributed by atoms with van der Waals surface area (Å²) in [5.74, 6) is -0.285. The van der Waals surface area contributed by atoms with Crippen molar-refractivity contribution >= 4 is 28.2 Å². The predicted octanol–water partition coefficient (Wildman–Crippen LogP) is 4.71. The first kappa shape index (κ1) is 23.9. The number of rotatable bonds is 7. The lowest BCUT2D eigenvalue weighted by atomic mass is 10.0. The molecule has 37 heavy (non-hydrogen) atoms. The number of carbonyl (C=O) groups excluding carboxylic acids is 1. The highest BCUT2D eigenvalue weighted by Crippen LogP contribution is 2.25. The van der Waals surface area contributed by atoms with Gasteiger partial charge in [0.15, 0.2) is 5.69 Å². The Hall–Kier alpha value is -4.80. The van der Waals surface area contributed by atoms with Gasteiger partial charge in [-0.05, 0) is 49.0 Å². The topological polar surface area (TPSA) is 134 Å². The summed E-state index contributed by atoms with van der Waals surface area (Å²) in [6, 6.07) is 15.7. The second-order valence-corrected chi connectivity index (χ2v) is 8.92. The van der Waals surface area contributed by atoms with Crippen LogP contribution in [0.1, 0.15) is 44.5 Å². The molecular formula is C26H25N7O4. The molecular weight excluding hydrogens is 474 g/mol. The summed E-state index contributed by atoms with van der Waals surface area (Å²) >= 11 is 0. The molecule has 0 aliphatic heterocycles. The van der Waals surface area contributed by atoms with Crippen LogP contribution in [0.3, 0.4) is 0 Å². The summed E-state index contributed by atoms with van der Waals surface area (Å²) in [6.45, 7) is 7.79. The second kappa shape index (κ2) is 9.34. The number of fused-ring (bicyclic) bond motifs is 1. The molecule has 0 aliphatic carbocycles. The van der Waals surface area contributed by atoms with Gasteiger partial charge in [-0.3, -0.25) is 9.48 Å². The SMILES string of the molecule is Cc1nn(Cc2cccc3ccccc23)c(C)c1NC(=O)c1noc(C)c1Cn1nc([N+](=O)[O-])cc1C. The third kappa shape index (κ3) is 4.46. The molecule has 5 aromatic rings. The molecule has 0 fully saturated rings. The largest absolute Gasteiger partial charge is 0.390 e. The Bertz CT molecular complexity index is 1660. The number of nitro groups is 1. The highest BCUT2D eigenvalue weighted by Gasteiger charge is 2.25. The van der Waals surface area contributed by atoms with Gasteiger partial charge in [-0.1, -0.05) is 47.6 Å². The highest BCUT2D eigenvalue weighted by atomic mass is 16.6. The number of hydrogen-bond acceptors (Lipinski definition) is 7. The first-order valence-corrected chi connectivity index (χ1v) is 11.7. The van der Waals surface area contributed by atoms with E-state index in [1.165, 1.54) is 10.7 Å². The summed E-state index contributed by atoms with van der Waals surface area (Å²) in [4.78, 5) is 23.8. The molecule has 0 saturated heterocycles. The van der Waals surface area contributed by atoms with Gasteiger partial charge in [0.2, 0.25) is 0 Å². The molecule has 3 aromatic heterocycles. The molecule has 2 aromatic carbocycles. The normalized spacial score (nSPS) is 11.2. The minimum Gasteiger partial charge on any atom is -0.361 e. The molecule has 5 rings (SSSR count). The zero-order valence-electron chi connectivity index (χ0n) is 20.8. The van der Waals surface area contributed by atoms with Crippen molar-refractivity contribution in [1.29, 1.82) is 0 Å². The van der Waals surface area contributed by atoms with Gasteiger partial charge in [0, 0.05) is 0 Å². The molecule has 1 amide bonds. The standard InChI is InChI=1S/C26H25N7O4/c1-15-12-23(33(35)36)29-31(15)14-22-18(4)37-30-25(22)26(34)27-24-16(2)28-32(17(24)3)13-20-10-7-9-19-8-5-6-11-21(19)20/h5-12H,13-14H2,1-4H3,(H,27,34). The first-order chi connectivity index (χ1) is 17.7. The highest BCUT2D eigenvalue weighted by molar-refractivity contribution is 6.04. The Morgan fingerprint density at radius 1 is 1.03 bits per heavy atom. The van der Waals surface area contributed by atoms with Crippen LogP contribution in [0, 0.1) is 37.8 Å². The fourth-order valence-corrected chi connectivity index (χ4v) is 4.44. The van der Waals surface area contributed by atoms with Crippen LogP contribution in [-0.2, 0) is 13.1 Å². The number of nitrogens with one attached hydrogen (secondary N) is 1. The van der Waals surface area contributed by atoms with Gasteiger partial charge < -0.3 is 20.0 Å². The van der Waals surface area contributed by atoms with E-state index in [1.54, 1.807) is 13.8 Å². The summed E-state index contributed by atoms with van der Waals surface area (Å²) in [7, 11) is 0. The van der Waals surface area contributed by atoms with Crippen molar-refractivity contribution in [3.8, 4) is 0 Å². The Morgan fingerprint density at radius 2 is 1.78 bits per heavy atom. The number of nitrogens with zero attached hydrogens (tertiary/aromatic N) is 6.